The molecule has 0 N–H and O–H groups in total. The average molecular weight is 1140 g/mol. The number of hydrogen-bond donors (Lipinski definition) is 0. The van der Waals surface area contributed by atoms with Crippen molar-refractivity contribution in [2.75, 3.05) is 47.5 Å². The third-order valence-corrected chi connectivity index (χ3v) is 16.0. The summed E-state index contributed by atoms with van der Waals surface area (Å²) in [5.41, 5.74) is 0. The molecule has 0 aromatic heterocycles. The molecule has 0 aromatic carbocycles. The summed E-state index contributed by atoms with van der Waals surface area (Å²) in [5, 5.41) is 0. The van der Waals surface area contributed by atoms with Gasteiger partial charge in [-0.15, -0.1) is 0 Å². The van der Waals surface area contributed by atoms with E-state index >= 15 is 0 Å². The van der Waals surface area contributed by atoms with Crippen molar-refractivity contribution in [3.05, 3.63) is 60.8 Å². The highest BCUT2D eigenvalue weighted by Gasteiger charge is 2.22. The molecule has 0 amide bonds. The highest BCUT2D eigenvalue weighted by atomic mass is 31.2. The Morgan fingerprint density at radius 3 is 1.00 bits per heavy atom. The summed E-state index contributed by atoms with van der Waals surface area (Å²) in [5.74, 6) is -0.836. The van der Waals surface area contributed by atoms with Crippen LogP contribution >= 0.6 is 7.82 Å². The van der Waals surface area contributed by atoms with E-state index in [-0.39, 0.29) is 32.0 Å². The number of esters is 2. The first-order chi connectivity index (χ1) is 39.0. The van der Waals surface area contributed by atoms with Gasteiger partial charge >= 0.3 is 11.9 Å². The summed E-state index contributed by atoms with van der Waals surface area (Å²) in [6.07, 6.45) is 80.2. The largest absolute Gasteiger partial charge is 0.756 e. The van der Waals surface area contributed by atoms with Crippen molar-refractivity contribution >= 4 is 19.8 Å². The smallest absolute Gasteiger partial charge is 0.306 e. The summed E-state index contributed by atoms with van der Waals surface area (Å²) in [7, 11) is 1.16. The Bertz CT molecular complexity index is 1530. The van der Waals surface area contributed by atoms with E-state index in [2.05, 4.69) is 74.6 Å². The van der Waals surface area contributed by atoms with Crippen molar-refractivity contribution in [1.29, 1.82) is 0 Å². The van der Waals surface area contributed by atoms with Crippen LogP contribution in [-0.2, 0) is 32.7 Å². The lowest BCUT2D eigenvalue weighted by Crippen LogP contribution is -2.37. The van der Waals surface area contributed by atoms with Gasteiger partial charge in [-0.3, -0.25) is 14.2 Å². The molecule has 0 bridgehead atoms. The third kappa shape index (κ3) is 64.9. The van der Waals surface area contributed by atoms with Gasteiger partial charge in [0.2, 0.25) is 0 Å². The van der Waals surface area contributed by atoms with E-state index in [0.717, 1.165) is 77.0 Å². The molecule has 9 nitrogen and oxygen atoms in total. The summed E-state index contributed by atoms with van der Waals surface area (Å²) in [6.45, 7) is 4.24. The molecule has 0 heterocycles. The molecule has 0 saturated carbocycles. The number of likely N-dealkylation sites (N-methyl/N-ethyl adjacent to an activating group) is 1. The van der Waals surface area contributed by atoms with E-state index in [9.17, 15) is 19.0 Å². The minimum atomic E-state index is -4.64. The Labute approximate surface area is 496 Å². The van der Waals surface area contributed by atoms with E-state index in [0.29, 0.717) is 17.4 Å². The molecule has 0 aliphatic rings. The van der Waals surface area contributed by atoms with E-state index in [4.69, 9.17) is 18.5 Å². The zero-order chi connectivity index (χ0) is 58.4. The number of hydrogen-bond acceptors (Lipinski definition) is 8. The lowest BCUT2D eigenvalue weighted by Gasteiger charge is -2.28. The van der Waals surface area contributed by atoms with Crippen LogP contribution in [0.1, 0.15) is 322 Å². The highest BCUT2D eigenvalue weighted by Crippen LogP contribution is 2.38. The molecular formula is C70H130NO8P. The fraction of sp³-hybridized carbons (Fsp3) is 0.829. The lowest BCUT2D eigenvalue weighted by molar-refractivity contribution is -0.870. The van der Waals surface area contributed by atoms with Crippen molar-refractivity contribution in [3.8, 4) is 0 Å². The first-order valence-corrected chi connectivity index (χ1v) is 35.5. The zero-order valence-corrected chi connectivity index (χ0v) is 54.2. The maximum absolute atomic E-state index is 12.8. The second-order valence-electron chi connectivity index (χ2n) is 24.2. The Morgan fingerprint density at radius 1 is 0.388 bits per heavy atom. The van der Waals surface area contributed by atoms with Crippen molar-refractivity contribution in [3.63, 3.8) is 0 Å². The molecule has 0 aromatic rings. The van der Waals surface area contributed by atoms with Crippen molar-refractivity contribution in [2.24, 2.45) is 0 Å². The third-order valence-electron chi connectivity index (χ3n) is 15.0. The van der Waals surface area contributed by atoms with Crippen LogP contribution in [0.25, 0.3) is 0 Å². The van der Waals surface area contributed by atoms with Crippen LogP contribution in [0.4, 0.5) is 0 Å². The van der Waals surface area contributed by atoms with E-state index in [1.165, 1.54) is 212 Å². The van der Waals surface area contributed by atoms with Gasteiger partial charge in [-0.05, 0) is 83.5 Å². The Kier molecular flexibility index (Phi) is 59.5. The highest BCUT2D eigenvalue weighted by molar-refractivity contribution is 7.45. The first-order valence-electron chi connectivity index (χ1n) is 34.0. The monoisotopic (exact) mass is 1140 g/mol. The molecule has 2 atom stereocenters. The van der Waals surface area contributed by atoms with Gasteiger partial charge in [0.15, 0.2) is 6.10 Å². The molecular weight excluding hydrogens is 1010 g/mol. The Balaban J connectivity index is 3.99. The standard InChI is InChI=1S/C70H130NO8P/c1-6-8-10-12-14-16-18-20-22-24-26-28-29-30-31-32-33-34-35-36-37-38-39-40-41-43-44-46-48-50-52-54-56-58-60-62-69(72)76-66-68(67-78-80(74,75)77-65-64-71(3,4)5)79-70(73)63-61-59-57-55-53-51-49-47-45-42-27-25-23-21-19-17-15-13-11-9-7-2/h18-21,24-27,45,47,68H,6-17,22-23,28-44,46,48-67H2,1-5H3/b20-18-,21-19-,26-24-,27-25-,47-45-. The number of rotatable bonds is 63. The van der Waals surface area contributed by atoms with Crippen LogP contribution < -0.4 is 4.89 Å². The molecule has 0 spiro atoms. The molecule has 80 heavy (non-hydrogen) atoms. The fourth-order valence-electron chi connectivity index (χ4n) is 9.76. The number of ether oxygens (including phenoxy) is 2. The number of unbranched alkanes of at least 4 members (excludes halogenated alkanes) is 39. The minimum Gasteiger partial charge on any atom is -0.756 e. The fourth-order valence-corrected chi connectivity index (χ4v) is 10.5. The molecule has 0 rings (SSSR count). The van der Waals surface area contributed by atoms with Gasteiger partial charge in [0.25, 0.3) is 7.82 Å². The predicted octanol–water partition coefficient (Wildman–Crippen LogP) is 21.2. The van der Waals surface area contributed by atoms with Crippen LogP contribution in [0, 0.1) is 0 Å². The van der Waals surface area contributed by atoms with E-state index in [1.807, 2.05) is 21.1 Å². The van der Waals surface area contributed by atoms with Gasteiger partial charge < -0.3 is 27.9 Å². The first kappa shape index (κ1) is 77.7. The molecule has 468 valence electrons. The molecule has 0 saturated heterocycles. The normalized spacial score (nSPS) is 13.5. The van der Waals surface area contributed by atoms with Crippen LogP contribution in [0.15, 0.2) is 60.8 Å². The number of nitrogens with zero attached hydrogens (tertiary/aromatic N) is 1. The van der Waals surface area contributed by atoms with Crippen LogP contribution in [0.2, 0.25) is 0 Å². The van der Waals surface area contributed by atoms with Gasteiger partial charge in [0.1, 0.15) is 19.8 Å². The number of phosphoric acid groups is 1. The van der Waals surface area contributed by atoms with E-state index < -0.39 is 26.5 Å². The average Bonchev–Trinajstić information content (AvgIpc) is 3.42. The zero-order valence-electron chi connectivity index (χ0n) is 53.3. The number of allylic oxidation sites excluding steroid dienone is 10. The topological polar surface area (TPSA) is 111 Å². The van der Waals surface area contributed by atoms with E-state index in [1.54, 1.807) is 0 Å². The maximum atomic E-state index is 12.8. The number of carbonyl (C=O) groups excluding carboxylic acids is 2. The van der Waals surface area contributed by atoms with Crippen LogP contribution in [0.5, 0.6) is 0 Å². The number of quaternary nitrogens is 1. The second-order valence-corrected chi connectivity index (χ2v) is 25.6. The Hall–Kier alpha value is -2.29. The summed E-state index contributed by atoms with van der Waals surface area (Å²) in [4.78, 5) is 38.0. The van der Waals surface area contributed by atoms with Gasteiger partial charge in [0.05, 0.1) is 27.7 Å². The Morgan fingerprint density at radius 2 is 0.675 bits per heavy atom. The molecule has 0 aliphatic heterocycles. The SMILES string of the molecule is CCCCCCC/C=C\C/C=C\C/C=C\CCCCCCCCC(=O)OC(COC(=O)CCCCCCCCCCCCCCCCCCCCCCCCC/C=C\C/C=C\CCCCCCC)COP(=O)([O-])OCC[N+](C)(C)C. The summed E-state index contributed by atoms with van der Waals surface area (Å²) < 4.78 is 34.2. The molecule has 0 radical (unpaired) electrons. The van der Waals surface area contributed by atoms with Gasteiger partial charge in [-0.2, -0.15) is 0 Å². The van der Waals surface area contributed by atoms with Crippen LogP contribution in [0.3, 0.4) is 0 Å². The maximum Gasteiger partial charge on any atom is 0.306 e. The molecule has 0 fully saturated rings. The predicted molar refractivity (Wildman–Crippen MR) is 342 cm³/mol. The minimum absolute atomic E-state index is 0.0338. The molecule has 10 heteroatoms. The van der Waals surface area contributed by atoms with Crippen molar-refractivity contribution < 1.29 is 42.1 Å². The van der Waals surface area contributed by atoms with Crippen molar-refractivity contribution in [1.82, 2.24) is 0 Å². The van der Waals surface area contributed by atoms with Gasteiger partial charge in [0, 0.05) is 12.8 Å². The lowest BCUT2D eigenvalue weighted by atomic mass is 10.0. The number of phosphoric ester groups is 1. The van der Waals surface area contributed by atoms with Gasteiger partial charge in [-0.1, -0.05) is 286 Å². The van der Waals surface area contributed by atoms with Crippen molar-refractivity contribution in [2.45, 2.75) is 328 Å². The quantitative estimate of drug-likeness (QED) is 0.0195. The summed E-state index contributed by atoms with van der Waals surface area (Å²) in [6, 6.07) is 0. The second kappa shape index (κ2) is 61.3. The van der Waals surface area contributed by atoms with Crippen LogP contribution in [-0.4, -0.2) is 70.0 Å². The van der Waals surface area contributed by atoms with Gasteiger partial charge in [-0.25, -0.2) is 0 Å². The number of carbonyl (C=O) groups is 2. The molecule has 2 unspecified atom stereocenters. The summed E-state index contributed by atoms with van der Waals surface area (Å²) >= 11 is 0. The molecule has 0 aliphatic carbocycles.